The number of aromatic amines is 1. The summed E-state index contributed by atoms with van der Waals surface area (Å²) in [6, 6.07) is 20.3. The molecule has 1 saturated heterocycles. The Labute approximate surface area is 246 Å². The van der Waals surface area contributed by atoms with Gasteiger partial charge in [-0.25, -0.2) is 4.90 Å². The summed E-state index contributed by atoms with van der Waals surface area (Å²) in [5.74, 6) is -1.95. The molecule has 0 spiro atoms. The lowest BCUT2D eigenvalue weighted by Gasteiger charge is -2.30. The van der Waals surface area contributed by atoms with Gasteiger partial charge < -0.3 is 15.0 Å². The molecule has 202 valence electrons. The number of aromatic nitrogens is 1. The number of amides is 3. The van der Waals surface area contributed by atoms with Crippen LogP contribution in [0.4, 0.5) is 11.4 Å². The molecule has 3 atom stereocenters. The van der Waals surface area contributed by atoms with Gasteiger partial charge in [-0.3, -0.25) is 19.2 Å². The number of halogens is 2. The maximum Gasteiger partial charge on any atom is 0.305 e. The van der Waals surface area contributed by atoms with Gasteiger partial charge in [0.2, 0.25) is 11.8 Å². The second-order valence-electron chi connectivity index (χ2n) is 9.15. The highest BCUT2D eigenvalue weighted by Crippen LogP contribution is 2.53. The summed E-state index contributed by atoms with van der Waals surface area (Å²) in [7, 11) is 0. The molecule has 3 aromatic carbocycles. The van der Waals surface area contributed by atoms with Crippen molar-refractivity contribution in [2.75, 3.05) is 16.8 Å². The number of hydrogen-bond donors (Lipinski definition) is 2. The third kappa shape index (κ3) is 5.03. The van der Waals surface area contributed by atoms with E-state index in [4.69, 9.17) is 27.9 Å². The number of H-pyrrole nitrogens is 1. The van der Waals surface area contributed by atoms with Gasteiger partial charge in [-0.05, 0) is 66.2 Å². The lowest BCUT2D eigenvalue weighted by Crippen LogP contribution is -2.32. The Morgan fingerprint density at radius 1 is 0.950 bits per heavy atom. The monoisotopic (exact) mass is 611 g/mol. The Hall–Kier alpha value is -3.57. The average molecular weight is 613 g/mol. The fourth-order valence-electron chi connectivity index (χ4n) is 4.90. The molecule has 6 rings (SSSR count). The Morgan fingerprint density at radius 2 is 1.65 bits per heavy atom. The van der Waals surface area contributed by atoms with Gasteiger partial charge >= 0.3 is 4.87 Å². The van der Waals surface area contributed by atoms with E-state index >= 15 is 0 Å². The molecule has 0 bridgehead atoms. The molecule has 0 radical (unpaired) electrons. The minimum atomic E-state index is -0.740. The number of imide groups is 1. The summed E-state index contributed by atoms with van der Waals surface area (Å²) < 4.78 is 5.77. The number of anilines is 2. The van der Waals surface area contributed by atoms with Gasteiger partial charge in [0.1, 0.15) is 11.0 Å². The third-order valence-electron chi connectivity index (χ3n) is 6.62. The molecule has 3 heterocycles. The van der Waals surface area contributed by atoms with Gasteiger partial charge in [-0.15, -0.1) is 0 Å². The number of carbonyl (C=O) groups excluding carboxylic acids is 3. The number of nitrogens with one attached hydrogen (secondary N) is 2. The van der Waals surface area contributed by atoms with Gasteiger partial charge in [0.05, 0.1) is 16.6 Å². The average Bonchev–Trinajstić information content (AvgIpc) is 3.43. The second kappa shape index (κ2) is 10.8. The number of fused-ring (bicyclic) bond motifs is 2. The number of carbonyl (C=O) groups is 3. The molecule has 0 saturated carbocycles. The van der Waals surface area contributed by atoms with Gasteiger partial charge in [-0.2, -0.15) is 0 Å². The summed E-state index contributed by atoms with van der Waals surface area (Å²) in [5.41, 5.74) is 1.72. The fraction of sp³-hybridized carbons (Fsp3) is 0.143. The molecule has 3 amide bonds. The molecular formula is C28H19Cl2N3O5S2. The van der Waals surface area contributed by atoms with Crippen LogP contribution in [0.3, 0.4) is 0 Å². The molecule has 2 aliphatic heterocycles. The summed E-state index contributed by atoms with van der Waals surface area (Å²) in [6.07, 6.45) is 0. The fourth-order valence-corrected chi connectivity index (χ4v) is 7.66. The summed E-state index contributed by atoms with van der Waals surface area (Å²) in [6.45, 7) is -0.247. The molecule has 0 aliphatic carbocycles. The van der Waals surface area contributed by atoms with E-state index in [1.165, 1.54) is 16.7 Å². The first kappa shape index (κ1) is 26.6. The molecule has 2 aliphatic rings. The van der Waals surface area contributed by atoms with Gasteiger partial charge in [-0.1, -0.05) is 58.4 Å². The minimum Gasteiger partial charge on any atom is -0.484 e. The molecular weight excluding hydrogens is 593 g/mol. The predicted molar refractivity (Wildman–Crippen MR) is 156 cm³/mol. The van der Waals surface area contributed by atoms with Crippen molar-refractivity contribution in [3.8, 4) is 5.75 Å². The van der Waals surface area contributed by atoms with Crippen molar-refractivity contribution in [3.63, 3.8) is 0 Å². The number of thiazole rings is 1. The summed E-state index contributed by atoms with van der Waals surface area (Å²) in [5, 5.41) is 3.65. The molecule has 4 aromatic rings. The van der Waals surface area contributed by atoms with Crippen LogP contribution in [0.15, 0.2) is 82.6 Å². The smallest absolute Gasteiger partial charge is 0.305 e. The first-order valence-electron chi connectivity index (χ1n) is 12.1. The SMILES string of the molecule is O=C(COc1cccc(C2c3sc(=O)[nH]c3SC3C(=O)N(c4ccc(Cl)cc4)C(=O)C32)c1)Nc1ccc(Cl)cc1. The van der Waals surface area contributed by atoms with Crippen LogP contribution in [0.2, 0.25) is 10.0 Å². The zero-order chi connectivity index (χ0) is 28.0. The zero-order valence-electron chi connectivity index (χ0n) is 20.4. The van der Waals surface area contributed by atoms with Gasteiger partial charge in [0.15, 0.2) is 6.61 Å². The Balaban J connectivity index is 1.28. The van der Waals surface area contributed by atoms with E-state index in [9.17, 15) is 19.2 Å². The van der Waals surface area contributed by atoms with Crippen LogP contribution in [0.5, 0.6) is 5.75 Å². The van der Waals surface area contributed by atoms with Crippen LogP contribution >= 0.6 is 46.3 Å². The van der Waals surface area contributed by atoms with Crippen molar-refractivity contribution in [3.05, 3.63) is 103 Å². The predicted octanol–water partition coefficient (Wildman–Crippen LogP) is 5.56. The highest BCUT2D eigenvalue weighted by atomic mass is 35.5. The van der Waals surface area contributed by atoms with Crippen LogP contribution in [-0.2, 0) is 14.4 Å². The number of benzene rings is 3. The van der Waals surface area contributed by atoms with Crippen LogP contribution in [0, 0.1) is 5.92 Å². The van der Waals surface area contributed by atoms with Crippen molar-refractivity contribution in [2.24, 2.45) is 5.92 Å². The van der Waals surface area contributed by atoms with Crippen LogP contribution in [-0.4, -0.2) is 34.6 Å². The topological polar surface area (TPSA) is 109 Å². The Kier molecular flexibility index (Phi) is 7.18. The number of thioether (sulfide) groups is 1. The third-order valence-corrected chi connectivity index (χ3v) is 9.53. The van der Waals surface area contributed by atoms with Crippen LogP contribution < -0.4 is 19.8 Å². The van der Waals surface area contributed by atoms with Crippen molar-refractivity contribution in [1.82, 2.24) is 4.98 Å². The molecule has 8 nitrogen and oxygen atoms in total. The number of hydrogen-bond acceptors (Lipinski definition) is 7. The second-order valence-corrected chi connectivity index (χ2v) is 12.2. The maximum atomic E-state index is 13.8. The Morgan fingerprint density at radius 3 is 2.38 bits per heavy atom. The summed E-state index contributed by atoms with van der Waals surface area (Å²) >= 11 is 14.1. The first-order valence-corrected chi connectivity index (χ1v) is 14.5. The zero-order valence-corrected chi connectivity index (χ0v) is 23.6. The minimum absolute atomic E-state index is 0.247. The number of ether oxygens (including phenoxy) is 1. The number of nitrogens with zero attached hydrogens (tertiary/aromatic N) is 1. The normalized spacial score (nSPS) is 19.8. The lowest BCUT2D eigenvalue weighted by molar-refractivity contribution is -0.122. The standard InChI is InChI=1S/C28H19Cl2N3O5S2/c29-15-4-8-17(9-5-15)31-20(34)13-38-19-3-1-2-14(12-19)21-22-24(39-25-23(21)40-28(37)32-25)27(36)33(26(22)35)18-10-6-16(30)7-11-18/h1-12,21-22,24H,13H2,(H,31,34)(H,32,37). The molecule has 2 N–H and O–H groups in total. The van der Waals surface area contributed by atoms with E-state index in [0.717, 1.165) is 11.3 Å². The Bertz CT molecular complexity index is 1690. The molecule has 1 aromatic heterocycles. The highest BCUT2D eigenvalue weighted by Gasteiger charge is 2.56. The van der Waals surface area contributed by atoms with Crippen molar-refractivity contribution >= 4 is 75.4 Å². The molecule has 3 unspecified atom stereocenters. The molecule has 40 heavy (non-hydrogen) atoms. The van der Waals surface area contributed by atoms with Crippen LogP contribution in [0.25, 0.3) is 0 Å². The lowest BCUT2D eigenvalue weighted by atomic mass is 9.83. The van der Waals surface area contributed by atoms with Crippen molar-refractivity contribution in [1.29, 1.82) is 0 Å². The molecule has 1 fully saturated rings. The highest BCUT2D eigenvalue weighted by molar-refractivity contribution is 8.00. The summed E-state index contributed by atoms with van der Waals surface area (Å²) in [4.78, 5) is 56.6. The van der Waals surface area contributed by atoms with Crippen molar-refractivity contribution in [2.45, 2.75) is 16.2 Å². The van der Waals surface area contributed by atoms with Crippen molar-refractivity contribution < 1.29 is 19.1 Å². The van der Waals surface area contributed by atoms with Gasteiger partial charge in [0.25, 0.3) is 5.91 Å². The molecule has 12 heteroatoms. The van der Waals surface area contributed by atoms with Gasteiger partial charge in [0, 0.05) is 26.5 Å². The van der Waals surface area contributed by atoms with E-state index in [-0.39, 0.29) is 29.2 Å². The van der Waals surface area contributed by atoms with Crippen LogP contribution in [0.1, 0.15) is 16.4 Å². The maximum absolute atomic E-state index is 13.8. The van der Waals surface area contributed by atoms with E-state index < -0.39 is 17.1 Å². The first-order chi connectivity index (χ1) is 19.3. The van der Waals surface area contributed by atoms with E-state index in [1.807, 2.05) is 6.07 Å². The van der Waals surface area contributed by atoms with E-state index in [1.54, 1.807) is 66.7 Å². The van der Waals surface area contributed by atoms with E-state index in [2.05, 4.69) is 10.3 Å². The quantitative estimate of drug-likeness (QED) is 0.276. The largest absolute Gasteiger partial charge is 0.484 e. The van der Waals surface area contributed by atoms with E-state index in [0.29, 0.717) is 42.6 Å². The number of rotatable bonds is 6.